The quantitative estimate of drug-likeness (QED) is 0.765. The highest BCUT2D eigenvalue weighted by Gasteiger charge is 2.06. The van der Waals surface area contributed by atoms with Gasteiger partial charge in [-0.1, -0.05) is 13.0 Å². The van der Waals surface area contributed by atoms with Crippen molar-refractivity contribution in [3.63, 3.8) is 0 Å². The van der Waals surface area contributed by atoms with Gasteiger partial charge in [0.05, 0.1) is 0 Å². The van der Waals surface area contributed by atoms with E-state index in [1.165, 1.54) is 23.7 Å². The Labute approximate surface area is 104 Å². The number of H-pyrrole nitrogens is 1. The second-order valence-corrected chi connectivity index (χ2v) is 4.51. The smallest absolute Gasteiger partial charge is 0.189 e. The van der Waals surface area contributed by atoms with Crippen molar-refractivity contribution in [2.24, 2.45) is 0 Å². The molecule has 0 saturated heterocycles. The largest absolute Gasteiger partial charge is 0.313 e. The predicted octanol–water partition coefficient (Wildman–Crippen LogP) is 1.85. The normalized spacial score (nSPS) is 10.6. The first-order chi connectivity index (χ1) is 8.40. The molecule has 2 N–H and O–H groups in total. The number of aromatic amines is 1. The molecule has 0 atom stereocenters. The number of nitrogens with zero attached hydrogens (tertiary/aromatic N) is 3. The van der Waals surface area contributed by atoms with Crippen LogP contribution in [0.2, 0.25) is 0 Å². The number of hydrogen-bond donors (Lipinski definition) is 2. The Hall–Kier alpha value is -1.40. The van der Waals surface area contributed by atoms with E-state index in [9.17, 15) is 0 Å². The molecule has 0 fully saturated rings. The van der Waals surface area contributed by atoms with Gasteiger partial charge in [0.15, 0.2) is 5.16 Å². The highest BCUT2D eigenvalue weighted by molar-refractivity contribution is 7.99. The van der Waals surface area contributed by atoms with E-state index in [1.807, 2.05) is 6.07 Å². The Kier molecular flexibility index (Phi) is 4.52. The van der Waals surface area contributed by atoms with E-state index < -0.39 is 0 Å². The van der Waals surface area contributed by atoms with E-state index in [0.717, 1.165) is 29.7 Å². The number of rotatable bonds is 6. The van der Waals surface area contributed by atoms with Crippen molar-refractivity contribution in [1.29, 1.82) is 0 Å². The van der Waals surface area contributed by atoms with Crippen LogP contribution in [0.4, 0.5) is 0 Å². The van der Waals surface area contributed by atoms with Crippen molar-refractivity contribution in [2.75, 3.05) is 6.54 Å². The maximum absolute atomic E-state index is 4.37. The average molecular weight is 249 g/mol. The molecule has 2 rings (SSSR count). The van der Waals surface area contributed by atoms with E-state index in [-0.39, 0.29) is 0 Å². The third-order valence-electron chi connectivity index (χ3n) is 2.18. The molecule has 17 heavy (non-hydrogen) atoms. The lowest BCUT2D eigenvalue weighted by atomic mass is 10.3. The summed E-state index contributed by atoms with van der Waals surface area (Å²) >= 11 is 1.50. The van der Waals surface area contributed by atoms with Crippen molar-refractivity contribution in [3.05, 3.63) is 30.2 Å². The summed E-state index contributed by atoms with van der Waals surface area (Å²) in [6.45, 7) is 4.00. The monoisotopic (exact) mass is 249 g/mol. The Bertz CT molecular complexity index is 443. The highest BCUT2D eigenvalue weighted by Crippen LogP contribution is 2.24. The summed E-state index contributed by atoms with van der Waals surface area (Å²) in [6, 6.07) is 4.03. The molecule has 0 bridgehead atoms. The number of pyridine rings is 1. The Balaban J connectivity index is 2.05. The molecule has 2 aromatic rings. The summed E-state index contributed by atoms with van der Waals surface area (Å²) in [5.74, 6) is 0. The van der Waals surface area contributed by atoms with Crippen molar-refractivity contribution in [2.45, 2.75) is 30.1 Å². The van der Waals surface area contributed by atoms with Gasteiger partial charge in [0.2, 0.25) is 0 Å². The van der Waals surface area contributed by atoms with Crippen LogP contribution in [0.25, 0.3) is 0 Å². The van der Waals surface area contributed by atoms with Gasteiger partial charge in [-0.05, 0) is 36.4 Å². The zero-order valence-corrected chi connectivity index (χ0v) is 10.5. The van der Waals surface area contributed by atoms with Crippen LogP contribution in [-0.4, -0.2) is 26.7 Å². The molecule has 0 aliphatic carbocycles. The fraction of sp³-hybridized carbons (Fsp3) is 0.364. The molecule has 5 nitrogen and oxygen atoms in total. The Morgan fingerprint density at radius 2 is 2.35 bits per heavy atom. The molecule has 0 saturated carbocycles. The molecule has 2 heterocycles. The molecule has 0 aliphatic heterocycles. The summed E-state index contributed by atoms with van der Waals surface area (Å²) in [6.07, 6.45) is 4.42. The van der Waals surface area contributed by atoms with Crippen LogP contribution >= 0.6 is 11.8 Å². The predicted molar refractivity (Wildman–Crippen MR) is 66.7 cm³/mol. The fourth-order valence-corrected chi connectivity index (χ4v) is 2.15. The summed E-state index contributed by atoms with van der Waals surface area (Å²) in [7, 11) is 0. The van der Waals surface area contributed by atoms with Gasteiger partial charge >= 0.3 is 0 Å². The highest BCUT2D eigenvalue weighted by atomic mass is 32.2. The van der Waals surface area contributed by atoms with Crippen molar-refractivity contribution >= 4 is 11.8 Å². The van der Waals surface area contributed by atoms with Gasteiger partial charge < -0.3 is 5.32 Å². The number of aromatic nitrogens is 4. The SMILES string of the molecule is CCCNCc1cccnc1Sc1ncn[nH]1. The lowest BCUT2D eigenvalue weighted by Crippen LogP contribution is -2.14. The molecule has 0 radical (unpaired) electrons. The summed E-state index contributed by atoms with van der Waals surface area (Å²) < 4.78 is 0. The van der Waals surface area contributed by atoms with Crippen molar-refractivity contribution in [3.8, 4) is 0 Å². The summed E-state index contributed by atoms with van der Waals surface area (Å²) in [5, 5.41) is 11.7. The zero-order valence-electron chi connectivity index (χ0n) is 9.68. The maximum atomic E-state index is 4.37. The number of nitrogens with one attached hydrogen (secondary N) is 2. The second-order valence-electron chi connectivity index (χ2n) is 3.54. The lowest BCUT2D eigenvalue weighted by Gasteiger charge is -2.07. The van der Waals surface area contributed by atoms with Crippen LogP contribution in [0, 0.1) is 0 Å². The first-order valence-electron chi connectivity index (χ1n) is 5.58. The summed E-state index contributed by atoms with van der Waals surface area (Å²) in [4.78, 5) is 8.45. The minimum atomic E-state index is 0.764. The molecule has 0 aliphatic rings. The van der Waals surface area contributed by atoms with Crippen molar-refractivity contribution in [1.82, 2.24) is 25.5 Å². The summed E-state index contributed by atoms with van der Waals surface area (Å²) in [5.41, 5.74) is 1.18. The van der Waals surface area contributed by atoms with Crippen molar-refractivity contribution < 1.29 is 0 Å². The van der Waals surface area contributed by atoms with E-state index in [4.69, 9.17) is 0 Å². The molecule has 0 unspecified atom stereocenters. The minimum absolute atomic E-state index is 0.764. The number of hydrogen-bond acceptors (Lipinski definition) is 5. The fourth-order valence-electron chi connectivity index (χ4n) is 1.39. The van der Waals surface area contributed by atoms with E-state index >= 15 is 0 Å². The van der Waals surface area contributed by atoms with Crippen LogP contribution in [0.1, 0.15) is 18.9 Å². The van der Waals surface area contributed by atoms with Crippen LogP contribution in [0.3, 0.4) is 0 Å². The van der Waals surface area contributed by atoms with Gasteiger partial charge in [-0.15, -0.1) is 0 Å². The molecular formula is C11H15N5S. The lowest BCUT2D eigenvalue weighted by molar-refractivity contribution is 0.665. The van der Waals surface area contributed by atoms with Gasteiger partial charge in [0.25, 0.3) is 0 Å². The molecular weight excluding hydrogens is 234 g/mol. The van der Waals surface area contributed by atoms with E-state index in [1.54, 1.807) is 6.20 Å². The van der Waals surface area contributed by atoms with Gasteiger partial charge in [-0.3, -0.25) is 5.10 Å². The molecule has 0 aromatic carbocycles. The molecule has 2 aromatic heterocycles. The molecule has 6 heteroatoms. The van der Waals surface area contributed by atoms with Crippen LogP contribution in [0.15, 0.2) is 34.8 Å². The Morgan fingerprint density at radius 3 is 3.12 bits per heavy atom. The van der Waals surface area contributed by atoms with Crippen LogP contribution in [0.5, 0.6) is 0 Å². The standard InChI is InChI=1S/C11H15N5S/c1-2-5-12-7-9-4-3-6-13-10(9)17-11-14-8-15-16-11/h3-4,6,8,12H,2,5,7H2,1H3,(H,14,15,16). The Morgan fingerprint density at radius 1 is 1.41 bits per heavy atom. The average Bonchev–Trinajstić information content (AvgIpc) is 2.84. The third-order valence-corrected chi connectivity index (χ3v) is 3.13. The van der Waals surface area contributed by atoms with Gasteiger partial charge in [-0.25, -0.2) is 9.97 Å². The van der Waals surface area contributed by atoms with Crippen LogP contribution < -0.4 is 5.32 Å². The zero-order chi connectivity index (χ0) is 11.9. The molecule has 90 valence electrons. The second kappa shape index (κ2) is 6.36. The maximum Gasteiger partial charge on any atom is 0.189 e. The molecule has 0 spiro atoms. The van der Waals surface area contributed by atoms with Gasteiger partial charge in [0.1, 0.15) is 11.4 Å². The van der Waals surface area contributed by atoms with Gasteiger partial charge in [0, 0.05) is 12.7 Å². The van der Waals surface area contributed by atoms with Gasteiger partial charge in [-0.2, -0.15) is 5.10 Å². The first kappa shape index (κ1) is 12.1. The van der Waals surface area contributed by atoms with E-state index in [0.29, 0.717) is 0 Å². The topological polar surface area (TPSA) is 66.5 Å². The van der Waals surface area contributed by atoms with Crippen LogP contribution in [-0.2, 0) is 6.54 Å². The first-order valence-corrected chi connectivity index (χ1v) is 6.39. The third kappa shape index (κ3) is 3.54. The van der Waals surface area contributed by atoms with E-state index in [2.05, 4.69) is 38.5 Å². The molecule has 0 amide bonds. The minimum Gasteiger partial charge on any atom is -0.313 e.